The van der Waals surface area contributed by atoms with Gasteiger partial charge in [-0.1, -0.05) is 35.1 Å². The van der Waals surface area contributed by atoms with Crippen molar-refractivity contribution < 1.29 is 9.72 Å². The number of carbonyl (C=O) groups excluding carboxylic acids is 1. The maximum Gasteiger partial charge on any atom is 0.324 e. The minimum absolute atomic E-state index is 0.0340. The lowest BCUT2D eigenvalue weighted by Crippen LogP contribution is -2.25. The molecule has 0 aliphatic rings. The predicted octanol–water partition coefficient (Wildman–Crippen LogP) is 3.58. The van der Waals surface area contributed by atoms with Gasteiger partial charge >= 0.3 is 5.00 Å². The zero-order valence-electron chi connectivity index (χ0n) is 10.6. The summed E-state index contributed by atoms with van der Waals surface area (Å²) in [5.74, 6) is -0.238. The van der Waals surface area contributed by atoms with Crippen molar-refractivity contribution in [3.8, 4) is 0 Å². The number of carbonyl (C=O) groups is 1. The molecule has 2 aromatic rings. The molecule has 104 valence electrons. The summed E-state index contributed by atoms with van der Waals surface area (Å²) in [7, 11) is 1.66. The average molecular weight is 311 g/mol. The lowest BCUT2D eigenvalue weighted by molar-refractivity contribution is -0.380. The molecule has 20 heavy (non-hydrogen) atoms. The minimum Gasteiger partial charge on any atom is -0.337 e. The SMILES string of the molecule is CN(Cc1ccc(Cl)cc1)C(=O)c1ccc([N+](=O)[O-])s1. The van der Waals surface area contributed by atoms with E-state index in [1.54, 1.807) is 19.2 Å². The molecule has 7 heteroatoms. The number of halogens is 1. The van der Waals surface area contributed by atoms with Gasteiger partial charge in [0.05, 0.1) is 9.80 Å². The third-order valence-corrected chi connectivity index (χ3v) is 3.94. The molecule has 0 atom stereocenters. The molecule has 0 N–H and O–H groups in total. The third-order valence-electron chi connectivity index (χ3n) is 2.66. The van der Waals surface area contributed by atoms with Crippen LogP contribution in [0.3, 0.4) is 0 Å². The summed E-state index contributed by atoms with van der Waals surface area (Å²) in [5.41, 5.74) is 0.941. The molecule has 0 radical (unpaired) electrons. The van der Waals surface area contributed by atoms with Crippen molar-refractivity contribution in [3.05, 3.63) is 62.0 Å². The van der Waals surface area contributed by atoms with Crippen LogP contribution < -0.4 is 0 Å². The highest BCUT2D eigenvalue weighted by Crippen LogP contribution is 2.25. The van der Waals surface area contributed by atoms with Crippen molar-refractivity contribution in [1.29, 1.82) is 0 Å². The van der Waals surface area contributed by atoms with Crippen LogP contribution in [0.15, 0.2) is 36.4 Å². The lowest BCUT2D eigenvalue weighted by atomic mass is 10.2. The Morgan fingerprint density at radius 1 is 1.30 bits per heavy atom. The predicted molar refractivity (Wildman–Crippen MR) is 78.2 cm³/mol. The van der Waals surface area contributed by atoms with E-state index >= 15 is 0 Å². The summed E-state index contributed by atoms with van der Waals surface area (Å²) < 4.78 is 0. The molecule has 1 heterocycles. The number of benzene rings is 1. The molecule has 0 fully saturated rings. The molecule has 1 aromatic heterocycles. The van der Waals surface area contributed by atoms with Crippen molar-refractivity contribution in [3.63, 3.8) is 0 Å². The fourth-order valence-corrected chi connectivity index (χ4v) is 2.61. The first-order chi connectivity index (χ1) is 9.47. The molecule has 0 saturated heterocycles. The summed E-state index contributed by atoms with van der Waals surface area (Å²) in [6.07, 6.45) is 0. The lowest BCUT2D eigenvalue weighted by Gasteiger charge is -2.16. The Labute approximate surface area is 124 Å². The molecule has 0 bridgehead atoms. The summed E-state index contributed by atoms with van der Waals surface area (Å²) >= 11 is 6.68. The minimum atomic E-state index is -0.499. The molecule has 0 unspecified atom stereocenters. The molecular weight excluding hydrogens is 300 g/mol. The van der Waals surface area contributed by atoms with E-state index in [1.165, 1.54) is 17.0 Å². The standard InChI is InChI=1S/C13H11ClN2O3S/c1-15(8-9-2-4-10(14)5-3-9)13(17)11-6-7-12(20-11)16(18)19/h2-7H,8H2,1H3. The Kier molecular flexibility index (Phi) is 4.36. The summed E-state index contributed by atoms with van der Waals surface area (Å²) in [5, 5.41) is 11.2. The van der Waals surface area contributed by atoms with Crippen LogP contribution in [0, 0.1) is 10.1 Å². The fourth-order valence-electron chi connectivity index (χ4n) is 1.66. The van der Waals surface area contributed by atoms with Crippen LogP contribution in [-0.4, -0.2) is 22.8 Å². The average Bonchev–Trinajstić information content (AvgIpc) is 2.90. The number of hydrogen-bond donors (Lipinski definition) is 0. The third kappa shape index (κ3) is 3.34. The second-order valence-electron chi connectivity index (χ2n) is 4.18. The second-order valence-corrected chi connectivity index (χ2v) is 5.68. The number of amides is 1. The maximum atomic E-state index is 12.1. The molecule has 0 aliphatic carbocycles. The molecule has 0 spiro atoms. The second kappa shape index (κ2) is 6.02. The van der Waals surface area contributed by atoms with E-state index in [2.05, 4.69) is 0 Å². The van der Waals surface area contributed by atoms with Crippen LogP contribution in [0.4, 0.5) is 5.00 Å². The maximum absolute atomic E-state index is 12.1. The van der Waals surface area contributed by atoms with Crippen LogP contribution >= 0.6 is 22.9 Å². The van der Waals surface area contributed by atoms with Crippen LogP contribution in [-0.2, 0) is 6.54 Å². The number of hydrogen-bond acceptors (Lipinski definition) is 4. The van der Waals surface area contributed by atoms with Crippen LogP contribution in [0.5, 0.6) is 0 Å². The van der Waals surface area contributed by atoms with Gasteiger partial charge in [0, 0.05) is 24.7 Å². The van der Waals surface area contributed by atoms with E-state index in [1.807, 2.05) is 12.1 Å². The van der Waals surface area contributed by atoms with Crippen molar-refractivity contribution in [1.82, 2.24) is 4.90 Å². The van der Waals surface area contributed by atoms with Gasteiger partial charge in [-0.15, -0.1) is 0 Å². The summed E-state index contributed by atoms with van der Waals surface area (Å²) in [4.78, 5) is 24.1. The zero-order chi connectivity index (χ0) is 14.7. The smallest absolute Gasteiger partial charge is 0.324 e. The number of rotatable bonds is 4. The van der Waals surface area contributed by atoms with Gasteiger partial charge in [0.15, 0.2) is 0 Å². The highest BCUT2D eigenvalue weighted by atomic mass is 35.5. The molecule has 1 aromatic carbocycles. The van der Waals surface area contributed by atoms with Crippen molar-refractivity contribution in [2.75, 3.05) is 7.05 Å². The van der Waals surface area contributed by atoms with Crippen molar-refractivity contribution >= 4 is 33.8 Å². The van der Waals surface area contributed by atoms with Crippen LogP contribution in [0.25, 0.3) is 0 Å². The van der Waals surface area contributed by atoms with Gasteiger partial charge in [-0.3, -0.25) is 14.9 Å². The van der Waals surface area contributed by atoms with Gasteiger partial charge in [-0.2, -0.15) is 0 Å². The normalized spacial score (nSPS) is 10.3. The van der Waals surface area contributed by atoms with Crippen LogP contribution in [0.2, 0.25) is 5.02 Å². The Morgan fingerprint density at radius 3 is 2.50 bits per heavy atom. The number of thiophene rings is 1. The monoisotopic (exact) mass is 310 g/mol. The Balaban J connectivity index is 2.07. The van der Waals surface area contributed by atoms with Crippen LogP contribution in [0.1, 0.15) is 15.2 Å². The van der Waals surface area contributed by atoms with E-state index in [0.717, 1.165) is 16.9 Å². The first kappa shape index (κ1) is 14.5. The van der Waals surface area contributed by atoms with Gasteiger partial charge in [0.2, 0.25) is 0 Å². The molecule has 5 nitrogen and oxygen atoms in total. The van der Waals surface area contributed by atoms with E-state index in [-0.39, 0.29) is 10.9 Å². The number of nitro groups is 1. The van der Waals surface area contributed by atoms with Gasteiger partial charge in [0.1, 0.15) is 0 Å². The summed E-state index contributed by atoms with van der Waals surface area (Å²) in [6, 6.07) is 10.00. The van der Waals surface area contributed by atoms with E-state index in [0.29, 0.717) is 16.4 Å². The largest absolute Gasteiger partial charge is 0.337 e. The highest BCUT2D eigenvalue weighted by molar-refractivity contribution is 7.17. The highest BCUT2D eigenvalue weighted by Gasteiger charge is 2.18. The van der Waals surface area contributed by atoms with E-state index in [9.17, 15) is 14.9 Å². The first-order valence-corrected chi connectivity index (χ1v) is 6.91. The Hall–Kier alpha value is -1.92. The molecule has 0 saturated carbocycles. The molecule has 2 rings (SSSR count). The zero-order valence-corrected chi connectivity index (χ0v) is 12.1. The fraction of sp³-hybridized carbons (Fsp3) is 0.154. The molecular formula is C13H11ClN2O3S. The van der Waals surface area contributed by atoms with Gasteiger partial charge < -0.3 is 4.90 Å². The Morgan fingerprint density at radius 2 is 1.95 bits per heavy atom. The Bertz CT molecular complexity index is 639. The number of nitrogens with zero attached hydrogens (tertiary/aromatic N) is 2. The molecule has 1 amide bonds. The quantitative estimate of drug-likeness (QED) is 0.640. The van der Waals surface area contributed by atoms with Gasteiger partial charge in [0.25, 0.3) is 5.91 Å². The van der Waals surface area contributed by atoms with Crippen molar-refractivity contribution in [2.45, 2.75) is 6.54 Å². The topological polar surface area (TPSA) is 63.5 Å². The van der Waals surface area contributed by atoms with E-state index < -0.39 is 4.92 Å². The first-order valence-electron chi connectivity index (χ1n) is 5.71. The van der Waals surface area contributed by atoms with Gasteiger partial charge in [-0.05, 0) is 23.8 Å². The van der Waals surface area contributed by atoms with Crippen molar-refractivity contribution in [2.24, 2.45) is 0 Å². The van der Waals surface area contributed by atoms with E-state index in [4.69, 9.17) is 11.6 Å². The van der Waals surface area contributed by atoms with Gasteiger partial charge in [-0.25, -0.2) is 0 Å². The molecule has 0 aliphatic heterocycles. The summed E-state index contributed by atoms with van der Waals surface area (Å²) in [6.45, 7) is 0.418.